The fourth-order valence-corrected chi connectivity index (χ4v) is 3.61. The number of carbonyl (C=O) groups excluding carboxylic acids is 1. The number of halogens is 4. The van der Waals surface area contributed by atoms with Gasteiger partial charge in [-0.15, -0.1) is 0 Å². The number of aryl methyl sites for hydroxylation is 1. The molecule has 0 spiro atoms. The molecule has 0 aliphatic rings. The maximum absolute atomic E-state index is 13.0. The second-order valence-electron chi connectivity index (χ2n) is 6.65. The van der Waals surface area contributed by atoms with Crippen LogP contribution in [0, 0.1) is 0 Å². The molecule has 154 valence electrons. The number of amides is 1. The zero-order valence-corrected chi connectivity index (χ0v) is 16.4. The van der Waals surface area contributed by atoms with Crippen LogP contribution in [0.15, 0.2) is 54.9 Å². The first kappa shape index (κ1) is 20.0. The Kier molecular flexibility index (Phi) is 4.98. The maximum Gasteiger partial charge on any atom is 0.434 e. The van der Waals surface area contributed by atoms with Gasteiger partial charge in [0.05, 0.1) is 18.4 Å². The predicted molar refractivity (Wildman–Crippen MR) is 106 cm³/mol. The Morgan fingerprint density at radius 3 is 2.63 bits per heavy atom. The third-order valence-corrected chi connectivity index (χ3v) is 4.93. The number of alkyl halides is 3. The zero-order valence-electron chi connectivity index (χ0n) is 15.6. The molecular formula is C20H15ClF3N5O. The van der Waals surface area contributed by atoms with Crippen molar-refractivity contribution in [2.75, 3.05) is 5.32 Å². The van der Waals surface area contributed by atoms with Crippen molar-refractivity contribution in [3.63, 3.8) is 0 Å². The molecule has 30 heavy (non-hydrogen) atoms. The summed E-state index contributed by atoms with van der Waals surface area (Å²) in [4.78, 5) is 12.4. The molecule has 0 saturated heterocycles. The van der Waals surface area contributed by atoms with Crippen LogP contribution in [0.1, 0.15) is 21.7 Å². The van der Waals surface area contributed by atoms with Crippen LogP contribution in [0.25, 0.3) is 10.8 Å². The summed E-state index contributed by atoms with van der Waals surface area (Å²) in [6.45, 7) is 0.458. The molecule has 0 bridgehead atoms. The molecule has 10 heteroatoms. The average molecular weight is 434 g/mol. The van der Waals surface area contributed by atoms with Crippen LogP contribution in [-0.4, -0.2) is 25.5 Å². The van der Waals surface area contributed by atoms with Gasteiger partial charge >= 0.3 is 6.18 Å². The summed E-state index contributed by atoms with van der Waals surface area (Å²) < 4.78 is 41.3. The number of rotatable bonds is 4. The standard InChI is InChI=1S/C20H15ClF3N5O/c1-28-18(20(22,23)24)16(21)17(27-28)19(30)26-14-9-25-29(11-14)10-13-7-4-6-12-5-2-3-8-15(12)13/h2-9,11H,10H2,1H3,(H,26,30). The van der Waals surface area contributed by atoms with E-state index in [-0.39, 0.29) is 0 Å². The van der Waals surface area contributed by atoms with Crippen LogP contribution in [-0.2, 0) is 19.8 Å². The highest BCUT2D eigenvalue weighted by Gasteiger charge is 2.40. The van der Waals surface area contributed by atoms with Gasteiger partial charge in [-0.1, -0.05) is 54.1 Å². The second kappa shape index (κ2) is 7.49. The summed E-state index contributed by atoms with van der Waals surface area (Å²) in [6.07, 6.45) is -1.73. The molecule has 0 aliphatic heterocycles. The lowest BCUT2D eigenvalue weighted by molar-refractivity contribution is -0.143. The Labute approximate surface area is 173 Å². The van der Waals surface area contributed by atoms with Crippen molar-refractivity contribution in [2.24, 2.45) is 7.05 Å². The number of fused-ring (bicyclic) bond motifs is 1. The lowest BCUT2D eigenvalue weighted by Gasteiger charge is -2.06. The smallest absolute Gasteiger partial charge is 0.318 e. The quantitative estimate of drug-likeness (QED) is 0.505. The number of anilines is 1. The van der Waals surface area contributed by atoms with E-state index in [0.29, 0.717) is 16.9 Å². The van der Waals surface area contributed by atoms with Crippen molar-refractivity contribution in [3.8, 4) is 0 Å². The minimum atomic E-state index is -4.72. The molecule has 4 rings (SSSR count). The number of benzene rings is 2. The highest BCUT2D eigenvalue weighted by atomic mass is 35.5. The Balaban J connectivity index is 1.53. The van der Waals surface area contributed by atoms with E-state index in [1.807, 2.05) is 42.5 Å². The van der Waals surface area contributed by atoms with Crippen molar-refractivity contribution in [3.05, 3.63) is 76.8 Å². The zero-order chi connectivity index (χ0) is 21.5. The van der Waals surface area contributed by atoms with E-state index < -0.39 is 28.5 Å². The molecule has 2 heterocycles. The van der Waals surface area contributed by atoms with E-state index in [9.17, 15) is 18.0 Å². The van der Waals surface area contributed by atoms with Crippen LogP contribution in [0.4, 0.5) is 18.9 Å². The van der Waals surface area contributed by atoms with Crippen LogP contribution < -0.4 is 5.32 Å². The molecule has 2 aromatic carbocycles. The number of carbonyl (C=O) groups is 1. The first-order chi connectivity index (χ1) is 14.2. The first-order valence-electron chi connectivity index (χ1n) is 8.84. The lowest BCUT2D eigenvalue weighted by Crippen LogP contribution is -2.13. The van der Waals surface area contributed by atoms with Gasteiger partial charge in [0.2, 0.25) is 0 Å². The molecule has 4 aromatic rings. The van der Waals surface area contributed by atoms with E-state index in [1.54, 1.807) is 10.9 Å². The summed E-state index contributed by atoms with van der Waals surface area (Å²) in [7, 11) is 1.08. The normalized spacial score (nSPS) is 11.8. The van der Waals surface area contributed by atoms with Crippen LogP contribution in [0.2, 0.25) is 5.02 Å². The van der Waals surface area contributed by atoms with E-state index in [2.05, 4.69) is 15.5 Å². The second-order valence-corrected chi connectivity index (χ2v) is 7.03. The summed E-state index contributed by atoms with van der Waals surface area (Å²) >= 11 is 5.76. The topological polar surface area (TPSA) is 64.7 Å². The Morgan fingerprint density at radius 2 is 1.90 bits per heavy atom. The predicted octanol–water partition coefficient (Wildman–Crippen LogP) is 4.74. The van der Waals surface area contributed by atoms with E-state index in [1.165, 1.54) is 6.20 Å². The molecule has 6 nitrogen and oxygen atoms in total. The fourth-order valence-electron chi connectivity index (χ4n) is 3.26. The minimum Gasteiger partial charge on any atom is -0.318 e. The highest BCUT2D eigenvalue weighted by Crippen LogP contribution is 2.36. The van der Waals surface area contributed by atoms with E-state index in [0.717, 1.165) is 23.4 Å². The number of hydrogen-bond acceptors (Lipinski definition) is 3. The molecule has 0 atom stereocenters. The van der Waals surface area contributed by atoms with Gasteiger partial charge in [-0.05, 0) is 16.3 Å². The Morgan fingerprint density at radius 1 is 1.17 bits per heavy atom. The summed E-state index contributed by atoms with van der Waals surface area (Å²) in [5.41, 5.74) is -0.332. The largest absolute Gasteiger partial charge is 0.434 e. The summed E-state index contributed by atoms with van der Waals surface area (Å²) in [5.74, 6) is -0.851. The number of nitrogens with zero attached hydrogens (tertiary/aromatic N) is 4. The molecule has 0 unspecified atom stereocenters. The molecule has 2 aromatic heterocycles. The maximum atomic E-state index is 13.0. The average Bonchev–Trinajstić information content (AvgIpc) is 3.25. The number of nitrogens with one attached hydrogen (secondary N) is 1. The molecule has 0 saturated carbocycles. The summed E-state index contributed by atoms with van der Waals surface area (Å²) in [5, 5.41) is 11.7. The first-order valence-corrected chi connectivity index (χ1v) is 9.22. The van der Waals surface area contributed by atoms with Gasteiger partial charge in [0.1, 0.15) is 5.02 Å². The van der Waals surface area contributed by atoms with Gasteiger partial charge < -0.3 is 5.32 Å². The monoisotopic (exact) mass is 433 g/mol. The minimum absolute atomic E-state index is 0.315. The van der Waals surface area contributed by atoms with Gasteiger partial charge in [0.25, 0.3) is 5.91 Å². The van der Waals surface area contributed by atoms with Crippen LogP contribution >= 0.6 is 11.6 Å². The number of aromatic nitrogens is 4. The summed E-state index contributed by atoms with van der Waals surface area (Å²) in [6, 6.07) is 13.9. The highest BCUT2D eigenvalue weighted by molar-refractivity contribution is 6.34. The van der Waals surface area contributed by atoms with E-state index in [4.69, 9.17) is 11.6 Å². The molecule has 0 aliphatic carbocycles. The molecule has 1 amide bonds. The molecular weight excluding hydrogens is 419 g/mol. The molecule has 0 fully saturated rings. The van der Waals surface area contributed by atoms with Gasteiger partial charge in [-0.25, -0.2) is 0 Å². The Hall–Kier alpha value is -3.33. The van der Waals surface area contributed by atoms with Gasteiger partial charge in [-0.3, -0.25) is 14.2 Å². The van der Waals surface area contributed by atoms with Gasteiger partial charge in [0.15, 0.2) is 11.4 Å². The number of hydrogen-bond donors (Lipinski definition) is 1. The van der Waals surface area contributed by atoms with E-state index >= 15 is 0 Å². The van der Waals surface area contributed by atoms with Gasteiger partial charge in [0, 0.05) is 13.2 Å². The third kappa shape index (κ3) is 3.76. The molecule has 0 radical (unpaired) electrons. The van der Waals surface area contributed by atoms with Gasteiger partial charge in [-0.2, -0.15) is 23.4 Å². The molecule has 1 N–H and O–H groups in total. The SMILES string of the molecule is Cn1nc(C(=O)Nc2cnn(Cc3cccc4ccccc34)c2)c(Cl)c1C(F)(F)F. The lowest BCUT2D eigenvalue weighted by atomic mass is 10.0. The Bertz CT molecular complexity index is 1240. The van der Waals surface area contributed by atoms with Crippen LogP contribution in [0.3, 0.4) is 0 Å². The van der Waals surface area contributed by atoms with Crippen molar-refractivity contribution in [1.29, 1.82) is 0 Å². The third-order valence-electron chi connectivity index (χ3n) is 4.58. The fraction of sp³-hybridized carbons (Fsp3) is 0.150. The van der Waals surface area contributed by atoms with Crippen molar-refractivity contribution in [2.45, 2.75) is 12.7 Å². The van der Waals surface area contributed by atoms with Crippen molar-refractivity contribution < 1.29 is 18.0 Å². The van der Waals surface area contributed by atoms with Crippen molar-refractivity contribution >= 4 is 34.0 Å². The van der Waals surface area contributed by atoms with Crippen LogP contribution in [0.5, 0.6) is 0 Å². The van der Waals surface area contributed by atoms with Crippen molar-refractivity contribution in [1.82, 2.24) is 19.6 Å².